The van der Waals surface area contributed by atoms with Crippen LogP contribution >= 0.6 is 0 Å². The molecule has 58 heavy (non-hydrogen) atoms. The quantitative estimate of drug-likeness (QED) is 0.116. The second kappa shape index (κ2) is 17.0. The molecule has 0 radical (unpaired) electrons. The number of rotatable bonds is 12. The molecule has 4 heterocycles. The lowest BCUT2D eigenvalue weighted by atomic mass is 10.0. The summed E-state index contributed by atoms with van der Waals surface area (Å²) in [7, 11) is 1.59. The van der Waals surface area contributed by atoms with Crippen LogP contribution in [0.15, 0.2) is 91.3 Å². The molecule has 0 unspecified atom stereocenters. The number of hydrogen-bond acceptors (Lipinski definition) is 6. The first-order valence-electron chi connectivity index (χ1n) is 20.9. The van der Waals surface area contributed by atoms with E-state index >= 15 is 0 Å². The van der Waals surface area contributed by atoms with Crippen molar-refractivity contribution in [2.45, 2.75) is 83.0 Å². The third kappa shape index (κ3) is 7.77. The van der Waals surface area contributed by atoms with E-state index in [0.29, 0.717) is 25.8 Å². The molecule has 1 aliphatic carbocycles. The van der Waals surface area contributed by atoms with Crippen LogP contribution in [0, 0.1) is 5.92 Å². The van der Waals surface area contributed by atoms with Crippen LogP contribution in [0.1, 0.15) is 94.1 Å². The Morgan fingerprint density at radius 3 is 1.78 bits per heavy atom. The number of carbonyl (C=O) groups excluding carboxylic acids is 2. The normalized spacial score (nSPS) is 21.2. The van der Waals surface area contributed by atoms with Crippen LogP contribution in [-0.4, -0.2) is 102 Å². The number of aromatic nitrogens is 4. The number of likely N-dealkylation sites (tertiary alicyclic amines) is 2. The molecule has 2 aromatic heterocycles. The van der Waals surface area contributed by atoms with Gasteiger partial charge in [0, 0.05) is 32.1 Å². The Balaban J connectivity index is 0.911. The van der Waals surface area contributed by atoms with Gasteiger partial charge in [0.25, 0.3) is 0 Å². The minimum atomic E-state index is -0.947. The van der Waals surface area contributed by atoms with Crippen LogP contribution in [0.4, 0.5) is 4.79 Å². The third-order valence-corrected chi connectivity index (χ3v) is 12.7. The van der Waals surface area contributed by atoms with E-state index in [1.807, 2.05) is 40.4 Å². The monoisotopic (exact) mass is 782 g/mol. The molecule has 2 saturated heterocycles. The van der Waals surface area contributed by atoms with Crippen molar-refractivity contribution in [1.29, 1.82) is 0 Å². The second-order valence-corrected chi connectivity index (χ2v) is 16.0. The van der Waals surface area contributed by atoms with E-state index in [-0.39, 0.29) is 41.9 Å². The van der Waals surface area contributed by atoms with Crippen molar-refractivity contribution < 1.29 is 19.5 Å². The number of aromatic amines is 2. The molecule has 5 atom stereocenters. The minimum absolute atomic E-state index is 0.0919. The van der Waals surface area contributed by atoms with E-state index in [1.165, 1.54) is 4.90 Å². The number of amides is 3. The number of imidazole rings is 2. The van der Waals surface area contributed by atoms with Crippen molar-refractivity contribution in [2.24, 2.45) is 5.92 Å². The lowest BCUT2D eigenvalue weighted by molar-refractivity contribution is -0.138. The van der Waals surface area contributed by atoms with E-state index in [9.17, 15) is 19.5 Å². The maximum Gasteiger partial charge on any atom is 0.407 e. The Hall–Kier alpha value is -5.75. The maximum absolute atomic E-state index is 14.2. The van der Waals surface area contributed by atoms with Gasteiger partial charge in [-0.15, -0.1) is 0 Å². The van der Waals surface area contributed by atoms with Crippen LogP contribution in [0.25, 0.3) is 33.6 Å². The highest BCUT2D eigenvalue weighted by molar-refractivity contribution is 5.84. The van der Waals surface area contributed by atoms with E-state index in [2.05, 4.69) is 89.4 Å². The van der Waals surface area contributed by atoms with Gasteiger partial charge in [-0.1, -0.05) is 92.7 Å². The summed E-state index contributed by atoms with van der Waals surface area (Å²) in [6.07, 6.45) is 8.36. The highest BCUT2D eigenvalue weighted by Crippen LogP contribution is 2.38. The summed E-state index contributed by atoms with van der Waals surface area (Å²) in [4.78, 5) is 63.4. The predicted octanol–water partition coefficient (Wildman–Crippen LogP) is 8.32. The fraction of sp³-hybridized carbons (Fsp3) is 0.413. The standard InChI is InChI=1S/C46H54N8O4/c1-4-52(5-2)41(34-11-7-6-8-12-34)45(56)54-26-10-14-40(54)43-48-29-38(50-43)33-21-17-31(18-22-33)30-15-19-32(20-16-30)37-28-47-42(49-37)39-13-9-25-53(39)44(55)35-23-24-36(27-35)51(3)46(57)58/h6-8,11-12,15-22,28-29,35-36,39-41H,4-5,9-10,13-14,23-27H2,1-3H3,(H,47,49)(H,48,50)(H,57,58)/t35-,36+,39+,40+,41-/m1/s1. The number of likely N-dealkylation sites (N-methyl/N-ethyl adjacent to an activating group) is 1. The lowest BCUT2D eigenvalue weighted by Crippen LogP contribution is -2.43. The molecule has 12 nitrogen and oxygen atoms in total. The Labute approximate surface area is 340 Å². The van der Waals surface area contributed by atoms with Crippen molar-refractivity contribution in [3.05, 3.63) is 108 Å². The van der Waals surface area contributed by atoms with Gasteiger partial charge < -0.3 is 29.8 Å². The Morgan fingerprint density at radius 1 is 0.724 bits per heavy atom. The molecule has 3 aliphatic rings. The molecular formula is C46H54N8O4. The highest BCUT2D eigenvalue weighted by Gasteiger charge is 2.41. The van der Waals surface area contributed by atoms with Gasteiger partial charge >= 0.3 is 6.09 Å². The SMILES string of the molecule is CCN(CC)[C@@H](C(=O)N1CCC[C@H]1c1ncc(-c2ccc(-c3ccc(-c4cnc([C@@H]5CCCN5C(=O)[C@@H]5CC[C@H](N(C)C(=O)O)C5)[nH]4)cc3)cc2)[nH]1)c1ccccc1. The number of carboxylic acid groups (broad SMARTS) is 1. The van der Waals surface area contributed by atoms with Gasteiger partial charge in [-0.05, 0) is 85.9 Å². The first-order valence-corrected chi connectivity index (χ1v) is 20.9. The van der Waals surface area contributed by atoms with Crippen LogP contribution in [0.3, 0.4) is 0 Å². The van der Waals surface area contributed by atoms with Gasteiger partial charge in [-0.25, -0.2) is 14.8 Å². The number of benzene rings is 3. The van der Waals surface area contributed by atoms with Crippen molar-refractivity contribution in [2.75, 3.05) is 33.2 Å². The largest absolute Gasteiger partial charge is 0.465 e. The first kappa shape index (κ1) is 39.1. The average molecular weight is 783 g/mol. The second-order valence-electron chi connectivity index (χ2n) is 16.0. The van der Waals surface area contributed by atoms with Crippen LogP contribution < -0.4 is 0 Å². The molecular weight excluding hydrogens is 729 g/mol. The number of carbonyl (C=O) groups is 3. The van der Waals surface area contributed by atoms with Crippen LogP contribution in [0.2, 0.25) is 0 Å². The number of nitrogens with zero attached hydrogens (tertiary/aromatic N) is 6. The van der Waals surface area contributed by atoms with Crippen molar-refractivity contribution in [3.8, 4) is 33.6 Å². The van der Waals surface area contributed by atoms with Gasteiger partial charge in [-0.3, -0.25) is 14.5 Å². The third-order valence-electron chi connectivity index (χ3n) is 12.7. The Morgan fingerprint density at radius 2 is 1.24 bits per heavy atom. The fourth-order valence-electron chi connectivity index (χ4n) is 9.43. The highest BCUT2D eigenvalue weighted by atomic mass is 16.4. The zero-order valence-electron chi connectivity index (χ0n) is 33.7. The molecule has 3 aromatic carbocycles. The van der Waals surface area contributed by atoms with Gasteiger partial charge in [0.1, 0.15) is 17.7 Å². The van der Waals surface area contributed by atoms with Crippen LogP contribution in [-0.2, 0) is 9.59 Å². The summed E-state index contributed by atoms with van der Waals surface area (Å²) >= 11 is 0. The number of nitrogens with one attached hydrogen (secondary N) is 2. The molecule has 3 amide bonds. The average Bonchev–Trinajstić information content (AvgIpc) is 4.12. The van der Waals surface area contributed by atoms with Gasteiger partial charge in [0.15, 0.2) is 0 Å². The minimum Gasteiger partial charge on any atom is -0.465 e. The number of H-pyrrole nitrogens is 2. The summed E-state index contributed by atoms with van der Waals surface area (Å²) in [6, 6.07) is 26.4. The summed E-state index contributed by atoms with van der Waals surface area (Å²) in [6.45, 7) is 7.22. The molecule has 1 saturated carbocycles. The lowest BCUT2D eigenvalue weighted by Gasteiger charge is -2.34. The Kier molecular flexibility index (Phi) is 11.5. The zero-order valence-corrected chi connectivity index (χ0v) is 33.7. The molecule has 3 fully saturated rings. The molecule has 0 bridgehead atoms. The summed E-state index contributed by atoms with van der Waals surface area (Å²) < 4.78 is 0. The molecule has 12 heteroatoms. The Bertz CT molecular complexity index is 2200. The molecule has 2 aliphatic heterocycles. The van der Waals surface area contributed by atoms with Gasteiger partial charge in [-0.2, -0.15) is 0 Å². The van der Waals surface area contributed by atoms with Crippen molar-refractivity contribution >= 4 is 17.9 Å². The van der Waals surface area contributed by atoms with E-state index in [1.54, 1.807) is 7.05 Å². The van der Waals surface area contributed by atoms with Crippen molar-refractivity contribution in [1.82, 2.24) is 39.5 Å². The molecule has 3 N–H and O–H groups in total. The first-order chi connectivity index (χ1) is 28.2. The van der Waals surface area contributed by atoms with Crippen LogP contribution in [0.5, 0.6) is 0 Å². The van der Waals surface area contributed by atoms with E-state index in [4.69, 9.17) is 9.97 Å². The van der Waals surface area contributed by atoms with Gasteiger partial charge in [0.05, 0.1) is 35.9 Å². The summed E-state index contributed by atoms with van der Waals surface area (Å²) in [5, 5.41) is 9.40. The molecule has 302 valence electrons. The molecule has 8 rings (SSSR count). The maximum atomic E-state index is 14.2. The summed E-state index contributed by atoms with van der Waals surface area (Å²) in [5.41, 5.74) is 7.10. The molecule has 5 aromatic rings. The van der Waals surface area contributed by atoms with E-state index < -0.39 is 6.09 Å². The van der Waals surface area contributed by atoms with Gasteiger partial charge in [0.2, 0.25) is 11.8 Å². The number of hydrogen-bond donors (Lipinski definition) is 3. The predicted molar refractivity (Wildman–Crippen MR) is 223 cm³/mol. The van der Waals surface area contributed by atoms with E-state index in [0.717, 1.165) is 96.2 Å². The topological polar surface area (TPSA) is 142 Å². The molecule has 0 spiro atoms. The zero-order chi connectivity index (χ0) is 40.3. The fourth-order valence-corrected chi connectivity index (χ4v) is 9.43. The van der Waals surface area contributed by atoms with Crippen molar-refractivity contribution in [3.63, 3.8) is 0 Å². The smallest absolute Gasteiger partial charge is 0.407 e. The summed E-state index contributed by atoms with van der Waals surface area (Å²) in [5.74, 6) is 1.71.